The normalized spacial score (nSPS) is 19.1. The Balaban J connectivity index is 2.12. The molecule has 3 rings (SSSR count). The first kappa shape index (κ1) is 18.7. The lowest BCUT2D eigenvalue weighted by Crippen LogP contribution is -2.35. The Morgan fingerprint density at radius 1 is 1.19 bits per heavy atom. The molecular weight excluding hydrogens is 349 g/mol. The van der Waals surface area contributed by atoms with Crippen molar-refractivity contribution < 1.29 is 19.1 Å². The number of carbonyl (C=O) groups excluding carboxylic acids is 2. The van der Waals surface area contributed by atoms with E-state index in [2.05, 4.69) is 4.98 Å². The van der Waals surface area contributed by atoms with Crippen LogP contribution in [0.1, 0.15) is 17.3 Å². The molecular formula is C20H20FN3O3. The van der Waals surface area contributed by atoms with Gasteiger partial charge >= 0.3 is 0 Å². The Morgan fingerprint density at radius 3 is 2.48 bits per heavy atom. The lowest BCUT2D eigenvalue weighted by Gasteiger charge is -2.25. The third kappa shape index (κ3) is 3.73. The minimum Gasteiger partial charge on any atom is -0.507 e. The molecule has 1 aliphatic heterocycles. The monoisotopic (exact) mass is 369 g/mol. The number of likely N-dealkylation sites (tertiary alicyclic amines) is 1. The highest BCUT2D eigenvalue weighted by molar-refractivity contribution is 6.46. The molecule has 0 bridgehead atoms. The van der Waals surface area contributed by atoms with Gasteiger partial charge in [-0.3, -0.25) is 14.6 Å². The number of amides is 1. The molecule has 2 aromatic rings. The average molecular weight is 369 g/mol. The van der Waals surface area contributed by atoms with Crippen LogP contribution in [0, 0.1) is 5.82 Å². The molecule has 27 heavy (non-hydrogen) atoms. The van der Waals surface area contributed by atoms with E-state index in [1.54, 1.807) is 24.4 Å². The van der Waals surface area contributed by atoms with E-state index in [1.165, 1.54) is 29.2 Å². The van der Waals surface area contributed by atoms with Crippen LogP contribution in [0.4, 0.5) is 4.39 Å². The highest BCUT2D eigenvalue weighted by atomic mass is 19.1. The summed E-state index contributed by atoms with van der Waals surface area (Å²) < 4.78 is 13.2. The second-order valence-electron chi connectivity index (χ2n) is 6.56. The number of hydrogen-bond acceptors (Lipinski definition) is 5. The molecule has 140 valence electrons. The van der Waals surface area contributed by atoms with E-state index >= 15 is 0 Å². The van der Waals surface area contributed by atoms with E-state index in [1.807, 2.05) is 19.0 Å². The van der Waals surface area contributed by atoms with Crippen LogP contribution in [0.2, 0.25) is 0 Å². The van der Waals surface area contributed by atoms with Crippen LogP contribution in [0.15, 0.2) is 54.2 Å². The van der Waals surface area contributed by atoms with Gasteiger partial charge in [0, 0.05) is 24.8 Å². The number of aliphatic hydroxyl groups excluding tert-OH is 1. The highest BCUT2D eigenvalue weighted by Crippen LogP contribution is 2.38. The predicted molar refractivity (Wildman–Crippen MR) is 98.2 cm³/mol. The summed E-state index contributed by atoms with van der Waals surface area (Å²) >= 11 is 0. The third-order valence-electron chi connectivity index (χ3n) is 4.41. The Morgan fingerprint density at radius 2 is 1.89 bits per heavy atom. The molecule has 1 saturated heterocycles. The molecule has 0 aliphatic carbocycles. The molecule has 1 N–H and O–H groups in total. The number of halogens is 1. The fourth-order valence-corrected chi connectivity index (χ4v) is 3.03. The summed E-state index contributed by atoms with van der Waals surface area (Å²) in [5.41, 5.74) is 0.714. The molecule has 0 unspecified atom stereocenters. The first-order valence-electron chi connectivity index (χ1n) is 8.50. The van der Waals surface area contributed by atoms with Crippen LogP contribution in [0.3, 0.4) is 0 Å². The van der Waals surface area contributed by atoms with Crippen molar-refractivity contribution in [1.29, 1.82) is 0 Å². The number of ketones is 1. The summed E-state index contributed by atoms with van der Waals surface area (Å²) in [5, 5.41) is 10.7. The number of hydrogen-bond donors (Lipinski definition) is 1. The second-order valence-corrected chi connectivity index (χ2v) is 6.56. The van der Waals surface area contributed by atoms with E-state index in [0.717, 1.165) is 0 Å². The molecule has 1 fully saturated rings. The summed E-state index contributed by atoms with van der Waals surface area (Å²) in [6, 6.07) is 9.51. The van der Waals surface area contributed by atoms with Crippen molar-refractivity contribution >= 4 is 17.4 Å². The smallest absolute Gasteiger partial charge is 0.295 e. The van der Waals surface area contributed by atoms with Gasteiger partial charge in [-0.2, -0.15) is 0 Å². The molecule has 0 spiro atoms. The SMILES string of the molecule is CN(C)CCN1C(=O)C(=O)/C(=C(/O)c2ccc(F)cc2)[C@@H]1c1ccccn1. The maximum absolute atomic E-state index is 13.2. The molecule has 1 aliphatic rings. The molecule has 1 amide bonds. The maximum Gasteiger partial charge on any atom is 0.295 e. The number of rotatable bonds is 5. The van der Waals surface area contributed by atoms with Crippen molar-refractivity contribution in [2.45, 2.75) is 6.04 Å². The number of aromatic nitrogens is 1. The van der Waals surface area contributed by atoms with E-state index in [4.69, 9.17) is 0 Å². The zero-order chi connectivity index (χ0) is 19.6. The van der Waals surface area contributed by atoms with Gasteiger partial charge in [-0.1, -0.05) is 6.07 Å². The zero-order valence-corrected chi connectivity index (χ0v) is 15.1. The van der Waals surface area contributed by atoms with Crippen LogP contribution >= 0.6 is 0 Å². The first-order valence-corrected chi connectivity index (χ1v) is 8.50. The highest BCUT2D eigenvalue weighted by Gasteiger charge is 2.46. The van der Waals surface area contributed by atoms with Gasteiger partial charge in [-0.05, 0) is 50.5 Å². The van der Waals surface area contributed by atoms with E-state index in [0.29, 0.717) is 18.8 Å². The number of carbonyl (C=O) groups is 2. The van der Waals surface area contributed by atoms with Gasteiger partial charge in [0.2, 0.25) is 0 Å². The van der Waals surface area contributed by atoms with Crippen LogP contribution < -0.4 is 0 Å². The predicted octanol–water partition coefficient (Wildman–Crippen LogP) is 2.20. The Hall–Kier alpha value is -3.06. The van der Waals surface area contributed by atoms with Gasteiger partial charge < -0.3 is 14.9 Å². The van der Waals surface area contributed by atoms with Crippen molar-refractivity contribution in [3.63, 3.8) is 0 Å². The van der Waals surface area contributed by atoms with Crippen LogP contribution in [-0.2, 0) is 9.59 Å². The number of nitrogens with zero attached hydrogens (tertiary/aromatic N) is 3. The molecule has 6 nitrogen and oxygen atoms in total. The summed E-state index contributed by atoms with van der Waals surface area (Å²) in [6.45, 7) is 0.853. The summed E-state index contributed by atoms with van der Waals surface area (Å²) in [4.78, 5) is 32.9. The molecule has 0 radical (unpaired) electrons. The fourth-order valence-electron chi connectivity index (χ4n) is 3.03. The summed E-state index contributed by atoms with van der Waals surface area (Å²) in [6.07, 6.45) is 1.57. The standard InChI is InChI=1S/C20H20FN3O3/c1-23(2)11-12-24-17(15-5-3-4-10-22-15)16(19(26)20(24)27)18(25)13-6-8-14(21)9-7-13/h3-10,17,25H,11-12H2,1-2H3/b18-16+/t17-/m0/s1. The van der Waals surface area contributed by atoms with Gasteiger partial charge in [-0.15, -0.1) is 0 Å². The van der Waals surface area contributed by atoms with Gasteiger partial charge in [0.15, 0.2) is 0 Å². The molecule has 0 saturated carbocycles. The fraction of sp³-hybridized carbons (Fsp3) is 0.250. The van der Waals surface area contributed by atoms with Gasteiger partial charge in [0.1, 0.15) is 17.6 Å². The molecule has 7 heteroatoms. The van der Waals surface area contributed by atoms with Crippen molar-refractivity contribution in [2.24, 2.45) is 0 Å². The van der Waals surface area contributed by atoms with Crippen molar-refractivity contribution in [1.82, 2.24) is 14.8 Å². The van der Waals surface area contributed by atoms with Gasteiger partial charge in [0.25, 0.3) is 11.7 Å². The Kier molecular flexibility index (Phi) is 5.32. The van der Waals surface area contributed by atoms with Crippen molar-refractivity contribution in [2.75, 3.05) is 27.2 Å². The second kappa shape index (κ2) is 7.67. The zero-order valence-electron chi connectivity index (χ0n) is 15.1. The number of aliphatic hydroxyl groups is 1. The lowest BCUT2D eigenvalue weighted by atomic mass is 9.98. The van der Waals surface area contributed by atoms with Gasteiger partial charge in [0.05, 0.1) is 11.3 Å². The molecule has 2 heterocycles. The molecule has 1 aromatic heterocycles. The molecule has 1 aromatic carbocycles. The quantitative estimate of drug-likeness (QED) is 0.497. The number of pyridine rings is 1. The summed E-state index contributed by atoms with van der Waals surface area (Å²) in [5.74, 6) is -2.25. The molecule has 1 atom stereocenters. The Labute approximate surface area is 156 Å². The van der Waals surface area contributed by atoms with E-state index in [9.17, 15) is 19.1 Å². The largest absolute Gasteiger partial charge is 0.507 e. The average Bonchev–Trinajstić information content (AvgIpc) is 2.91. The number of Topliss-reactive ketones (excluding diaryl/α,β-unsaturated/α-hetero) is 1. The van der Waals surface area contributed by atoms with Crippen molar-refractivity contribution in [3.8, 4) is 0 Å². The minimum atomic E-state index is -0.795. The van der Waals surface area contributed by atoms with Crippen LogP contribution in [0.25, 0.3) is 5.76 Å². The number of likely N-dealkylation sites (N-methyl/N-ethyl adjacent to an activating group) is 1. The summed E-state index contributed by atoms with van der Waals surface area (Å²) in [7, 11) is 3.73. The van der Waals surface area contributed by atoms with Crippen LogP contribution in [-0.4, -0.2) is 58.8 Å². The van der Waals surface area contributed by atoms with Crippen molar-refractivity contribution in [3.05, 3.63) is 71.3 Å². The first-order chi connectivity index (χ1) is 12.9. The topological polar surface area (TPSA) is 73.7 Å². The maximum atomic E-state index is 13.2. The minimum absolute atomic E-state index is 0.0379. The number of benzene rings is 1. The Bertz CT molecular complexity index is 879. The van der Waals surface area contributed by atoms with Crippen LogP contribution in [0.5, 0.6) is 0 Å². The van der Waals surface area contributed by atoms with E-state index in [-0.39, 0.29) is 16.9 Å². The lowest BCUT2D eigenvalue weighted by molar-refractivity contribution is -0.140. The van der Waals surface area contributed by atoms with E-state index < -0.39 is 23.5 Å². The van der Waals surface area contributed by atoms with Gasteiger partial charge in [-0.25, -0.2) is 4.39 Å². The third-order valence-corrected chi connectivity index (χ3v) is 4.41.